The van der Waals surface area contributed by atoms with Crippen molar-refractivity contribution in [2.75, 3.05) is 5.32 Å². The second-order valence-corrected chi connectivity index (χ2v) is 5.38. The van der Waals surface area contributed by atoms with E-state index in [0.717, 1.165) is 10.6 Å². The molecule has 1 aromatic heterocycles. The van der Waals surface area contributed by atoms with Crippen LogP contribution < -0.4 is 5.32 Å². The molecule has 0 bridgehead atoms. The number of carbonyl (C=O) groups is 1. The number of amides is 1. The normalized spacial score (nSPS) is 11.3. The van der Waals surface area contributed by atoms with Crippen LogP contribution in [0.25, 0.3) is 0 Å². The highest BCUT2D eigenvalue weighted by Gasteiger charge is 2.17. The van der Waals surface area contributed by atoms with E-state index >= 15 is 0 Å². The molecule has 0 aliphatic carbocycles. The Morgan fingerprint density at radius 2 is 2.00 bits per heavy atom. The molecule has 0 saturated carbocycles. The van der Waals surface area contributed by atoms with Crippen molar-refractivity contribution < 1.29 is 9.53 Å². The van der Waals surface area contributed by atoms with Gasteiger partial charge in [0, 0.05) is 0 Å². The Bertz CT molecular complexity index is 363. The number of anilines is 1. The molecule has 0 aliphatic heterocycles. The Morgan fingerprint density at radius 3 is 2.40 bits per heavy atom. The maximum absolute atomic E-state index is 11.5. The van der Waals surface area contributed by atoms with Gasteiger partial charge in [0.25, 0.3) is 0 Å². The van der Waals surface area contributed by atoms with Gasteiger partial charge < -0.3 is 4.74 Å². The first-order valence-electron chi connectivity index (χ1n) is 4.84. The highest BCUT2D eigenvalue weighted by molar-refractivity contribution is 7.14. The first-order chi connectivity index (χ1) is 6.79. The first-order valence-corrected chi connectivity index (χ1v) is 5.72. The van der Waals surface area contributed by atoms with Gasteiger partial charge in [-0.1, -0.05) is 0 Å². The predicted molar refractivity (Wildman–Crippen MR) is 63.6 cm³/mol. The van der Waals surface area contributed by atoms with Gasteiger partial charge in [0.15, 0.2) is 0 Å². The zero-order valence-corrected chi connectivity index (χ0v) is 10.6. The molecule has 0 radical (unpaired) electrons. The van der Waals surface area contributed by atoms with Gasteiger partial charge in [-0.25, -0.2) is 4.79 Å². The highest BCUT2D eigenvalue weighted by Crippen LogP contribution is 2.26. The number of carbonyl (C=O) groups excluding carboxylic acids is 1. The summed E-state index contributed by atoms with van der Waals surface area (Å²) in [5.41, 5.74) is 1.83. The van der Waals surface area contributed by atoms with Crippen molar-refractivity contribution in [3.63, 3.8) is 0 Å². The molecule has 4 heteroatoms. The summed E-state index contributed by atoms with van der Waals surface area (Å²) in [4.78, 5) is 11.5. The molecule has 0 aliphatic rings. The van der Waals surface area contributed by atoms with Crippen LogP contribution >= 0.6 is 11.3 Å². The van der Waals surface area contributed by atoms with Crippen LogP contribution in [-0.4, -0.2) is 11.7 Å². The number of hydrogen-bond donors (Lipinski definition) is 1. The first kappa shape index (κ1) is 12.0. The number of thiophene rings is 1. The van der Waals surface area contributed by atoms with Crippen LogP contribution in [0.4, 0.5) is 9.80 Å². The minimum atomic E-state index is -0.454. The van der Waals surface area contributed by atoms with Crippen molar-refractivity contribution in [2.45, 2.75) is 40.2 Å². The topological polar surface area (TPSA) is 38.3 Å². The highest BCUT2D eigenvalue weighted by atomic mass is 32.1. The fraction of sp³-hybridized carbons (Fsp3) is 0.545. The maximum Gasteiger partial charge on any atom is 0.412 e. The van der Waals surface area contributed by atoms with Crippen molar-refractivity contribution in [1.29, 1.82) is 0 Å². The summed E-state index contributed by atoms with van der Waals surface area (Å²) in [6.45, 7) is 9.54. The Kier molecular flexibility index (Phi) is 3.39. The SMILES string of the molecule is Cc1csc(NC(=O)OC(C)(C)C)c1C. The molecule has 84 valence electrons. The van der Waals surface area contributed by atoms with Crippen molar-refractivity contribution in [1.82, 2.24) is 0 Å². The predicted octanol–water partition coefficient (Wildman–Crippen LogP) is 3.71. The summed E-state index contributed by atoms with van der Waals surface area (Å²) in [6.07, 6.45) is -0.396. The Hall–Kier alpha value is -1.03. The Labute approximate surface area is 94.5 Å². The van der Waals surface area contributed by atoms with Crippen LogP contribution in [0.3, 0.4) is 0 Å². The van der Waals surface area contributed by atoms with Gasteiger partial charge >= 0.3 is 6.09 Å². The molecule has 1 rings (SSSR count). The zero-order valence-electron chi connectivity index (χ0n) is 9.80. The second-order valence-electron chi connectivity index (χ2n) is 4.50. The molecule has 0 atom stereocenters. The third-order valence-corrected chi connectivity index (χ3v) is 3.02. The number of rotatable bonds is 1. The van der Waals surface area contributed by atoms with Gasteiger partial charge in [0.05, 0.1) is 0 Å². The van der Waals surface area contributed by atoms with E-state index in [1.807, 2.05) is 40.0 Å². The van der Waals surface area contributed by atoms with Gasteiger partial charge in [0.2, 0.25) is 0 Å². The van der Waals surface area contributed by atoms with E-state index in [1.54, 1.807) is 0 Å². The summed E-state index contributed by atoms with van der Waals surface area (Å²) in [5, 5.41) is 5.62. The molecule has 0 spiro atoms. The minimum Gasteiger partial charge on any atom is -0.444 e. The monoisotopic (exact) mass is 227 g/mol. The molecule has 1 amide bonds. The summed E-state index contributed by atoms with van der Waals surface area (Å²) >= 11 is 1.52. The lowest BCUT2D eigenvalue weighted by atomic mass is 10.2. The standard InChI is InChI=1S/C11H17NO2S/c1-7-6-15-9(8(7)2)12-10(13)14-11(3,4)5/h6H,1-5H3,(H,12,13). The van der Waals surface area contributed by atoms with Crippen LogP contribution in [0.2, 0.25) is 0 Å². The largest absolute Gasteiger partial charge is 0.444 e. The maximum atomic E-state index is 11.5. The molecule has 0 saturated heterocycles. The third kappa shape index (κ3) is 3.55. The van der Waals surface area contributed by atoms with E-state index in [2.05, 4.69) is 5.32 Å². The number of nitrogens with one attached hydrogen (secondary N) is 1. The Morgan fingerprint density at radius 1 is 1.40 bits per heavy atom. The summed E-state index contributed by atoms with van der Waals surface area (Å²) in [6, 6.07) is 0. The lowest BCUT2D eigenvalue weighted by molar-refractivity contribution is 0.0636. The quantitative estimate of drug-likeness (QED) is 0.794. The molecule has 15 heavy (non-hydrogen) atoms. The molecule has 0 aromatic carbocycles. The number of ether oxygens (including phenoxy) is 1. The lowest BCUT2D eigenvalue weighted by Gasteiger charge is -2.19. The molecular formula is C11H17NO2S. The number of aryl methyl sites for hydroxylation is 1. The van der Waals surface area contributed by atoms with E-state index in [9.17, 15) is 4.79 Å². The average Bonchev–Trinajstić information content (AvgIpc) is 2.32. The molecule has 1 heterocycles. The number of hydrogen-bond acceptors (Lipinski definition) is 3. The summed E-state index contributed by atoms with van der Waals surface area (Å²) < 4.78 is 5.16. The van der Waals surface area contributed by atoms with Crippen LogP contribution in [0.15, 0.2) is 5.38 Å². The molecule has 1 N–H and O–H groups in total. The van der Waals surface area contributed by atoms with Gasteiger partial charge in [0.1, 0.15) is 10.6 Å². The summed E-state index contributed by atoms with van der Waals surface area (Å²) in [5.74, 6) is 0. The van der Waals surface area contributed by atoms with Crippen molar-refractivity contribution >= 4 is 22.4 Å². The van der Waals surface area contributed by atoms with E-state index in [0.29, 0.717) is 0 Å². The molecule has 0 unspecified atom stereocenters. The zero-order chi connectivity index (χ0) is 11.6. The van der Waals surface area contributed by atoms with Gasteiger partial charge in [-0.05, 0) is 51.1 Å². The van der Waals surface area contributed by atoms with E-state index in [4.69, 9.17) is 4.74 Å². The lowest BCUT2D eigenvalue weighted by Crippen LogP contribution is -2.27. The minimum absolute atomic E-state index is 0.396. The van der Waals surface area contributed by atoms with Gasteiger partial charge in [-0.2, -0.15) is 0 Å². The fourth-order valence-electron chi connectivity index (χ4n) is 1.02. The third-order valence-electron chi connectivity index (χ3n) is 1.90. The Balaban J connectivity index is 2.63. The smallest absolute Gasteiger partial charge is 0.412 e. The summed E-state index contributed by atoms with van der Waals surface area (Å²) in [7, 11) is 0. The van der Waals surface area contributed by atoms with E-state index in [-0.39, 0.29) is 0 Å². The van der Waals surface area contributed by atoms with Gasteiger partial charge in [-0.3, -0.25) is 5.32 Å². The molecule has 0 fully saturated rings. The molecular weight excluding hydrogens is 210 g/mol. The molecule has 3 nitrogen and oxygen atoms in total. The van der Waals surface area contributed by atoms with Crippen molar-refractivity contribution in [2.24, 2.45) is 0 Å². The average molecular weight is 227 g/mol. The van der Waals surface area contributed by atoms with E-state index < -0.39 is 11.7 Å². The van der Waals surface area contributed by atoms with Crippen LogP contribution in [0.5, 0.6) is 0 Å². The fourth-order valence-corrected chi connectivity index (χ4v) is 1.97. The van der Waals surface area contributed by atoms with Gasteiger partial charge in [-0.15, -0.1) is 11.3 Å². The van der Waals surface area contributed by atoms with Crippen molar-refractivity contribution in [3.05, 3.63) is 16.5 Å². The van der Waals surface area contributed by atoms with E-state index in [1.165, 1.54) is 16.9 Å². The second kappa shape index (κ2) is 4.23. The van der Waals surface area contributed by atoms with Crippen LogP contribution in [0.1, 0.15) is 31.9 Å². The van der Waals surface area contributed by atoms with Crippen LogP contribution in [0, 0.1) is 13.8 Å². The van der Waals surface area contributed by atoms with Crippen LogP contribution in [-0.2, 0) is 4.74 Å². The van der Waals surface area contributed by atoms with Crippen molar-refractivity contribution in [3.8, 4) is 0 Å². The molecule has 1 aromatic rings.